The molecule has 6 heteroatoms. The van der Waals surface area contributed by atoms with E-state index in [-0.39, 0.29) is 5.91 Å². The van der Waals surface area contributed by atoms with Crippen LogP contribution >= 0.6 is 11.3 Å². The summed E-state index contributed by atoms with van der Waals surface area (Å²) < 4.78 is 5.84. The molecule has 0 saturated heterocycles. The van der Waals surface area contributed by atoms with Gasteiger partial charge < -0.3 is 10.1 Å². The molecule has 27 heavy (non-hydrogen) atoms. The second kappa shape index (κ2) is 9.28. The highest BCUT2D eigenvalue weighted by atomic mass is 32.1. The molecule has 1 N–H and O–H groups in total. The minimum absolute atomic E-state index is 0.00694. The Morgan fingerprint density at radius 1 is 1.15 bits per heavy atom. The molecular formula is C21H23N3O2S. The van der Waals surface area contributed by atoms with Gasteiger partial charge in [-0.3, -0.25) is 9.78 Å². The summed E-state index contributed by atoms with van der Waals surface area (Å²) in [4.78, 5) is 20.9. The first-order valence-corrected chi connectivity index (χ1v) is 9.83. The van der Waals surface area contributed by atoms with Crippen LogP contribution in [0.5, 0.6) is 5.75 Å². The highest BCUT2D eigenvalue weighted by Gasteiger charge is 2.08. The number of nitrogens with one attached hydrogen (secondary N) is 1. The van der Waals surface area contributed by atoms with Gasteiger partial charge in [0.05, 0.1) is 24.5 Å². The van der Waals surface area contributed by atoms with E-state index in [2.05, 4.69) is 15.3 Å². The zero-order valence-corrected chi connectivity index (χ0v) is 16.4. The van der Waals surface area contributed by atoms with E-state index in [1.54, 1.807) is 6.20 Å². The largest absolute Gasteiger partial charge is 0.493 e. The Labute approximate surface area is 163 Å². The molecule has 1 aromatic carbocycles. The Hall–Kier alpha value is -2.73. The van der Waals surface area contributed by atoms with Crippen LogP contribution in [-0.2, 0) is 11.3 Å². The first kappa shape index (κ1) is 19.0. The van der Waals surface area contributed by atoms with Crippen LogP contribution in [0.3, 0.4) is 0 Å². The Kier molecular flexibility index (Phi) is 6.54. The number of carbonyl (C=O) groups excluding carboxylic acids is 1. The van der Waals surface area contributed by atoms with Crippen LogP contribution in [0.4, 0.5) is 0 Å². The molecule has 0 aliphatic heterocycles. The normalized spacial score (nSPS) is 10.6. The van der Waals surface area contributed by atoms with Crippen LogP contribution in [-0.4, -0.2) is 22.5 Å². The molecule has 0 radical (unpaired) electrons. The van der Waals surface area contributed by atoms with Crippen molar-refractivity contribution < 1.29 is 9.53 Å². The van der Waals surface area contributed by atoms with E-state index in [4.69, 9.17) is 4.74 Å². The molecule has 3 aromatic rings. The number of benzene rings is 1. The van der Waals surface area contributed by atoms with Crippen LogP contribution in [0.2, 0.25) is 0 Å². The quantitative estimate of drug-likeness (QED) is 0.591. The number of thiazole rings is 1. The van der Waals surface area contributed by atoms with E-state index in [1.165, 1.54) is 11.3 Å². The molecule has 0 bridgehead atoms. The van der Waals surface area contributed by atoms with Crippen LogP contribution in [0.1, 0.15) is 29.7 Å². The second-order valence-electron chi connectivity index (χ2n) is 6.31. The molecule has 3 rings (SSSR count). The monoisotopic (exact) mass is 381 g/mol. The summed E-state index contributed by atoms with van der Waals surface area (Å²) in [5.74, 6) is 0.926. The number of ether oxygens (including phenoxy) is 1. The van der Waals surface area contributed by atoms with Gasteiger partial charge in [-0.1, -0.05) is 24.3 Å². The lowest BCUT2D eigenvalue weighted by Gasteiger charge is -2.11. The maximum atomic E-state index is 12.0. The van der Waals surface area contributed by atoms with E-state index < -0.39 is 0 Å². The molecule has 5 nitrogen and oxygen atoms in total. The zero-order valence-electron chi connectivity index (χ0n) is 15.6. The number of rotatable bonds is 8. The topological polar surface area (TPSA) is 64.1 Å². The number of nitrogens with zero attached hydrogens (tertiary/aromatic N) is 2. The van der Waals surface area contributed by atoms with E-state index in [1.807, 2.05) is 55.6 Å². The predicted molar refractivity (Wildman–Crippen MR) is 108 cm³/mol. The fraction of sp³-hybridized carbons (Fsp3) is 0.286. The van der Waals surface area contributed by atoms with Crippen LogP contribution in [0.25, 0.3) is 10.7 Å². The first-order valence-electron chi connectivity index (χ1n) is 8.95. The number of carbonyl (C=O) groups is 1. The number of para-hydroxylation sites is 1. The molecule has 0 atom stereocenters. The fourth-order valence-corrected chi connectivity index (χ4v) is 3.50. The lowest BCUT2D eigenvalue weighted by molar-refractivity contribution is -0.121. The van der Waals surface area contributed by atoms with Crippen LogP contribution in [0, 0.1) is 13.8 Å². The van der Waals surface area contributed by atoms with Crippen molar-refractivity contribution in [2.45, 2.75) is 33.2 Å². The van der Waals surface area contributed by atoms with Gasteiger partial charge in [0.25, 0.3) is 0 Å². The molecular weight excluding hydrogens is 358 g/mol. The van der Waals surface area contributed by atoms with Gasteiger partial charge >= 0.3 is 0 Å². The average molecular weight is 382 g/mol. The second-order valence-corrected chi connectivity index (χ2v) is 7.17. The highest BCUT2D eigenvalue weighted by molar-refractivity contribution is 7.13. The molecule has 0 spiro atoms. The Balaban J connectivity index is 1.40. The van der Waals surface area contributed by atoms with Crippen molar-refractivity contribution in [3.05, 3.63) is 64.8 Å². The van der Waals surface area contributed by atoms with Crippen LogP contribution < -0.4 is 10.1 Å². The summed E-state index contributed by atoms with van der Waals surface area (Å²) >= 11 is 1.53. The minimum atomic E-state index is 0.00694. The van der Waals surface area contributed by atoms with E-state index in [0.717, 1.165) is 33.3 Å². The summed E-state index contributed by atoms with van der Waals surface area (Å²) in [5.41, 5.74) is 3.93. The molecule has 0 aliphatic rings. The lowest BCUT2D eigenvalue weighted by Crippen LogP contribution is -2.23. The van der Waals surface area contributed by atoms with Gasteiger partial charge in [0, 0.05) is 18.0 Å². The number of aryl methyl sites for hydroxylation is 2. The van der Waals surface area contributed by atoms with Gasteiger partial charge in [-0.05, 0) is 43.5 Å². The zero-order chi connectivity index (χ0) is 19.1. The van der Waals surface area contributed by atoms with Crippen molar-refractivity contribution >= 4 is 17.2 Å². The summed E-state index contributed by atoms with van der Waals surface area (Å²) in [6.07, 6.45) is 2.86. The van der Waals surface area contributed by atoms with Gasteiger partial charge in [-0.25, -0.2) is 4.98 Å². The third-order valence-corrected chi connectivity index (χ3v) is 5.02. The molecule has 1 amide bonds. The molecule has 2 aromatic heterocycles. The summed E-state index contributed by atoms with van der Waals surface area (Å²) in [5, 5.41) is 5.73. The van der Waals surface area contributed by atoms with Crippen molar-refractivity contribution in [1.29, 1.82) is 0 Å². The Bertz CT molecular complexity index is 873. The minimum Gasteiger partial charge on any atom is -0.493 e. The average Bonchev–Trinajstić information content (AvgIpc) is 3.15. The standard InChI is InChI=1S/C21H23N3O2S/c1-15-7-5-8-16(2)20(15)26-12-6-10-19(25)23-13-17-14-27-21(24-17)18-9-3-4-11-22-18/h3-5,7-9,11,14H,6,10,12-13H2,1-2H3,(H,23,25). The van der Waals surface area contributed by atoms with Crippen molar-refractivity contribution in [3.8, 4) is 16.5 Å². The number of hydrogen-bond acceptors (Lipinski definition) is 5. The Morgan fingerprint density at radius 2 is 1.96 bits per heavy atom. The van der Waals surface area contributed by atoms with Crippen molar-refractivity contribution in [1.82, 2.24) is 15.3 Å². The third kappa shape index (κ3) is 5.37. The maximum absolute atomic E-state index is 12.0. The first-order chi connectivity index (χ1) is 13.1. The number of pyridine rings is 1. The van der Waals surface area contributed by atoms with Gasteiger partial charge in [0.15, 0.2) is 0 Å². The highest BCUT2D eigenvalue weighted by Crippen LogP contribution is 2.23. The van der Waals surface area contributed by atoms with Gasteiger partial charge in [0.2, 0.25) is 5.91 Å². The molecule has 0 aliphatic carbocycles. The predicted octanol–water partition coefficient (Wildman–Crippen LogP) is 4.30. The number of amides is 1. The van der Waals surface area contributed by atoms with Crippen LogP contribution in [0.15, 0.2) is 48.0 Å². The molecule has 2 heterocycles. The summed E-state index contributed by atoms with van der Waals surface area (Å²) in [6, 6.07) is 11.8. The fourth-order valence-electron chi connectivity index (χ4n) is 2.71. The van der Waals surface area contributed by atoms with E-state index in [9.17, 15) is 4.79 Å². The van der Waals surface area contributed by atoms with Crippen molar-refractivity contribution in [2.24, 2.45) is 0 Å². The van der Waals surface area contributed by atoms with E-state index in [0.29, 0.717) is 26.0 Å². The van der Waals surface area contributed by atoms with Gasteiger partial charge in [-0.15, -0.1) is 11.3 Å². The number of hydrogen-bond donors (Lipinski definition) is 1. The maximum Gasteiger partial charge on any atom is 0.220 e. The lowest BCUT2D eigenvalue weighted by atomic mass is 10.1. The van der Waals surface area contributed by atoms with E-state index >= 15 is 0 Å². The van der Waals surface area contributed by atoms with Crippen molar-refractivity contribution in [2.75, 3.05) is 6.61 Å². The Morgan fingerprint density at radius 3 is 2.70 bits per heavy atom. The number of aromatic nitrogens is 2. The van der Waals surface area contributed by atoms with Gasteiger partial charge in [-0.2, -0.15) is 0 Å². The molecule has 0 unspecified atom stereocenters. The molecule has 140 valence electrons. The third-order valence-electron chi connectivity index (χ3n) is 4.11. The van der Waals surface area contributed by atoms with Crippen molar-refractivity contribution in [3.63, 3.8) is 0 Å². The SMILES string of the molecule is Cc1cccc(C)c1OCCCC(=O)NCc1csc(-c2ccccn2)n1. The molecule has 0 saturated carbocycles. The molecule has 0 fully saturated rings. The smallest absolute Gasteiger partial charge is 0.220 e. The summed E-state index contributed by atoms with van der Waals surface area (Å²) in [6.45, 7) is 5.02. The van der Waals surface area contributed by atoms with Gasteiger partial charge in [0.1, 0.15) is 10.8 Å². The summed E-state index contributed by atoms with van der Waals surface area (Å²) in [7, 11) is 0.